The van der Waals surface area contributed by atoms with Crippen molar-refractivity contribution in [1.82, 2.24) is 5.32 Å². The monoisotopic (exact) mass is 960 g/mol. The topological polar surface area (TPSA) is 212 Å². The van der Waals surface area contributed by atoms with Crippen molar-refractivity contribution in [3.05, 3.63) is 36.5 Å². The number of rotatable bonds is 45. The lowest BCUT2D eigenvalue weighted by atomic mass is 9.99. The summed E-state index contributed by atoms with van der Waals surface area (Å²) in [5.41, 5.74) is 0. The van der Waals surface area contributed by atoms with Crippen LogP contribution in [0, 0.1) is 0 Å². The molecule has 13 nitrogen and oxygen atoms in total. The molecule has 0 radical (unpaired) electrons. The molecule has 388 valence electrons. The molecule has 8 atom stereocenters. The Labute approximate surface area is 401 Å². The van der Waals surface area contributed by atoms with Gasteiger partial charge in [-0.05, 0) is 57.8 Å². The number of allylic oxidation sites excluding steroid dienone is 5. The van der Waals surface area contributed by atoms with Crippen molar-refractivity contribution in [2.45, 2.75) is 275 Å². The number of carbonyl (C=O) groups is 1. The van der Waals surface area contributed by atoms with Crippen LogP contribution in [0.1, 0.15) is 226 Å². The van der Waals surface area contributed by atoms with Gasteiger partial charge in [0.25, 0.3) is 0 Å². The third kappa shape index (κ3) is 33.7. The molecule has 0 bridgehead atoms. The smallest absolute Gasteiger partial charge is 0.394 e. The quantitative estimate of drug-likeness (QED) is 0.0173. The van der Waals surface area contributed by atoms with E-state index in [2.05, 4.69) is 47.7 Å². The molecule has 0 aliphatic carbocycles. The Morgan fingerprint density at radius 1 is 0.606 bits per heavy atom. The fourth-order valence-corrected chi connectivity index (χ4v) is 8.80. The Balaban J connectivity index is 2.52. The minimum atomic E-state index is -5.13. The minimum absolute atomic E-state index is 0.230. The van der Waals surface area contributed by atoms with Crippen LogP contribution in [0.3, 0.4) is 0 Å². The van der Waals surface area contributed by atoms with Gasteiger partial charge in [-0.1, -0.05) is 204 Å². The van der Waals surface area contributed by atoms with Crippen molar-refractivity contribution in [1.29, 1.82) is 0 Å². The van der Waals surface area contributed by atoms with Crippen LogP contribution in [0.5, 0.6) is 0 Å². The van der Waals surface area contributed by atoms with E-state index in [1.807, 2.05) is 0 Å². The van der Waals surface area contributed by atoms with Crippen LogP contribution in [-0.4, -0.2) is 107 Å². The molecule has 8 unspecified atom stereocenters. The molecule has 1 amide bonds. The van der Waals surface area contributed by atoms with E-state index in [1.165, 1.54) is 134 Å². The number of hydrogen-bond acceptors (Lipinski definition) is 11. The summed E-state index contributed by atoms with van der Waals surface area (Å²) in [6.07, 6.45) is 39.4. The van der Waals surface area contributed by atoms with Gasteiger partial charge in [-0.3, -0.25) is 9.35 Å². The predicted molar refractivity (Wildman–Crippen MR) is 265 cm³/mol. The van der Waals surface area contributed by atoms with E-state index in [1.54, 1.807) is 6.08 Å². The minimum Gasteiger partial charge on any atom is -0.394 e. The Kier molecular flexibility index (Phi) is 39.8. The number of carbonyl (C=O) groups excluding carboxylic acids is 1. The molecule has 66 heavy (non-hydrogen) atoms. The number of aliphatic hydroxyl groups is 5. The average Bonchev–Trinajstić information content (AvgIpc) is 3.29. The van der Waals surface area contributed by atoms with Gasteiger partial charge in [0.1, 0.15) is 30.5 Å². The summed E-state index contributed by atoms with van der Waals surface area (Å²) in [6.45, 7) is 3.22. The van der Waals surface area contributed by atoms with E-state index in [-0.39, 0.29) is 6.42 Å². The van der Waals surface area contributed by atoms with Gasteiger partial charge in [-0.2, -0.15) is 8.42 Å². The van der Waals surface area contributed by atoms with Crippen LogP contribution < -0.4 is 5.32 Å². The molecule has 7 N–H and O–H groups in total. The van der Waals surface area contributed by atoms with E-state index < -0.39 is 78.5 Å². The van der Waals surface area contributed by atoms with Crippen molar-refractivity contribution in [2.75, 3.05) is 13.2 Å². The second-order valence-corrected chi connectivity index (χ2v) is 19.6. The fourth-order valence-electron chi connectivity index (χ4n) is 8.30. The van der Waals surface area contributed by atoms with Gasteiger partial charge in [-0.15, -0.1) is 0 Å². The summed E-state index contributed by atoms with van der Waals surface area (Å²) < 4.78 is 47.6. The molecule has 0 saturated carbocycles. The summed E-state index contributed by atoms with van der Waals surface area (Å²) in [5.74, 6) is -0.715. The molecule has 1 rings (SSSR count). The number of nitrogens with one attached hydrogen (secondary N) is 1. The van der Waals surface area contributed by atoms with Crippen LogP contribution in [0.2, 0.25) is 0 Å². The van der Waals surface area contributed by atoms with E-state index in [9.17, 15) is 43.3 Å². The standard InChI is InChI=1S/C52H97NO12S/c1-3-5-7-9-11-13-15-17-19-21-22-23-25-27-29-31-33-35-37-39-41-46(56)51(59)53-44(43-63-52-49(58)50(65-66(60,61)62)48(57)47(42-54)64-52)45(55)40-38-36-34-32-30-28-26-24-20-18-16-14-12-10-8-6-4-2/h23,25,30,32,38,40,44-50,52,54-58H,3-22,24,26-29,31,33-37,39,41-43H2,1-2H3,(H,53,59)(H,60,61,62)/b25-23-,32-30+,40-38+. The third-order valence-electron chi connectivity index (χ3n) is 12.5. The zero-order chi connectivity index (χ0) is 48.5. The largest absolute Gasteiger partial charge is 0.397 e. The van der Waals surface area contributed by atoms with Crippen molar-refractivity contribution < 1.29 is 57.0 Å². The van der Waals surface area contributed by atoms with Crippen LogP contribution >= 0.6 is 0 Å². The number of unbranched alkanes of at least 4 members (excludes halogenated alkanes) is 28. The summed E-state index contributed by atoms with van der Waals surface area (Å²) in [7, 11) is -5.13. The zero-order valence-electron chi connectivity index (χ0n) is 41.4. The second-order valence-electron chi connectivity index (χ2n) is 18.6. The summed E-state index contributed by atoms with van der Waals surface area (Å²) in [5, 5.41) is 55.4. The lowest BCUT2D eigenvalue weighted by Crippen LogP contribution is -2.61. The Morgan fingerprint density at radius 3 is 1.45 bits per heavy atom. The molecular weight excluding hydrogens is 863 g/mol. The highest BCUT2D eigenvalue weighted by Gasteiger charge is 2.48. The maximum absolute atomic E-state index is 13.2. The van der Waals surface area contributed by atoms with Gasteiger partial charge in [-0.25, -0.2) is 4.18 Å². The average molecular weight is 960 g/mol. The van der Waals surface area contributed by atoms with Crippen molar-refractivity contribution in [3.63, 3.8) is 0 Å². The molecule has 1 heterocycles. The predicted octanol–water partition coefficient (Wildman–Crippen LogP) is 10.4. The Hall–Kier alpha value is -1.72. The highest BCUT2D eigenvalue weighted by Crippen LogP contribution is 2.26. The van der Waals surface area contributed by atoms with Gasteiger partial charge in [0, 0.05) is 0 Å². The summed E-state index contributed by atoms with van der Waals surface area (Å²) in [4.78, 5) is 13.2. The molecule has 1 fully saturated rings. The Bertz CT molecular complexity index is 1330. The third-order valence-corrected chi connectivity index (χ3v) is 13.0. The van der Waals surface area contributed by atoms with Crippen molar-refractivity contribution >= 4 is 16.3 Å². The SMILES string of the molecule is CCCCCCCCCCCC/C=C\CCCCCCCCC(O)C(=O)NC(COC1OC(CO)C(O)C(OS(=O)(=O)O)C1O)C(O)/C=C/CC/C=C/CCCCCCCCCCCCC. The first kappa shape index (κ1) is 62.3. The van der Waals surface area contributed by atoms with E-state index in [0.29, 0.717) is 12.8 Å². The molecule has 1 aliphatic rings. The molecule has 0 aromatic carbocycles. The molecule has 0 aromatic heterocycles. The number of ether oxygens (including phenoxy) is 2. The summed E-state index contributed by atoms with van der Waals surface area (Å²) >= 11 is 0. The summed E-state index contributed by atoms with van der Waals surface area (Å²) in [6, 6.07) is -1.14. The van der Waals surface area contributed by atoms with E-state index in [0.717, 1.165) is 64.2 Å². The van der Waals surface area contributed by atoms with Gasteiger partial charge < -0.3 is 40.3 Å². The number of amides is 1. The van der Waals surface area contributed by atoms with Gasteiger partial charge in [0.05, 0.1) is 25.4 Å². The first-order chi connectivity index (χ1) is 31.9. The highest BCUT2D eigenvalue weighted by atomic mass is 32.3. The normalized spacial score (nSPS) is 20.8. The molecule has 0 spiro atoms. The number of hydrogen-bond donors (Lipinski definition) is 7. The van der Waals surface area contributed by atoms with Crippen LogP contribution in [0.25, 0.3) is 0 Å². The van der Waals surface area contributed by atoms with E-state index >= 15 is 0 Å². The van der Waals surface area contributed by atoms with Crippen LogP contribution in [0.15, 0.2) is 36.5 Å². The molecule has 1 saturated heterocycles. The van der Waals surface area contributed by atoms with Gasteiger partial charge >= 0.3 is 10.4 Å². The first-order valence-electron chi connectivity index (χ1n) is 26.5. The maximum Gasteiger partial charge on any atom is 0.397 e. The van der Waals surface area contributed by atoms with Crippen LogP contribution in [-0.2, 0) is 28.9 Å². The van der Waals surface area contributed by atoms with Crippen LogP contribution in [0.4, 0.5) is 0 Å². The molecule has 14 heteroatoms. The zero-order valence-corrected chi connectivity index (χ0v) is 42.2. The van der Waals surface area contributed by atoms with Gasteiger partial charge in [0.2, 0.25) is 5.91 Å². The first-order valence-corrected chi connectivity index (χ1v) is 27.8. The second kappa shape index (κ2) is 42.2. The lowest BCUT2D eigenvalue weighted by Gasteiger charge is -2.41. The Morgan fingerprint density at radius 2 is 1.02 bits per heavy atom. The van der Waals surface area contributed by atoms with Crippen molar-refractivity contribution in [3.8, 4) is 0 Å². The molecule has 1 aliphatic heterocycles. The van der Waals surface area contributed by atoms with Gasteiger partial charge in [0.15, 0.2) is 6.29 Å². The highest BCUT2D eigenvalue weighted by molar-refractivity contribution is 7.80. The molecule has 0 aromatic rings. The lowest BCUT2D eigenvalue weighted by molar-refractivity contribution is -0.298. The fraction of sp³-hybridized carbons (Fsp3) is 0.865. The number of aliphatic hydroxyl groups excluding tert-OH is 5. The van der Waals surface area contributed by atoms with Crippen molar-refractivity contribution in [2.24, 2.45) is 0 Å². The molecular formula is C52H97NO12S. The van der Waals surface area contributed by atoms with E-state index in [4.69, 9.17) is 9.47 Å². The maximum atomic E-state index is 13.2.